The van der Waals surface area contributed by atoms with Crippen molar-refractivity contribution in [1.82, 2.24) is 5.32 Å². The van der Waals surface area contributed by atoms with Crippen LogP contribution in [0.4, 0.5) is 0 Å². The third-order valence-electron chi connectivity index (χ3n) is 5.33. The van der Waals surface area contributed by atoms with E-state index in [9.17, 15) is 4.79 Å². The van der Waals surface area contributed by atoms with Gasteiger partial charge in [0.1, 0.15) is 0 Å². The van der Waals surface area contributed by atoms with Crippen LogP contribution in [-0.2, 0) is 19.7 Å². The van der Waals surface area contributed by atoms with Crippen molar-refractivity contribution in [2.45, 2.75) is 55.8 Å². The fourth-order valence-corrected chi connectivity index (χ4v) is 3.93. The summed E-state index contributed by atoms with van der Waals surface area (Å²) in [6, 6.07) is 10.3. The summed E-state index contributed by atoms with van der Waals surface area (Å²) in [5.41, 5.74) is 0.856. The summed E-state index contributed by atoms with van der Waals surface area (Å²) in [5.74, 6) is -0.251. The van der Waals surface area contributed by atoms with Gasteiger partial charge in [0, 0.05) is 18.9 Å². The first-order valence-corrected chi connectivity index (χ1v) is 8.37. The Balaban J connectivity index is 1.44. The minimum Gasteiger partial charge on any atom is -0.352 e. The minimum absolute atomic E-state index is 0.167. The van der Waals surface area contributed by atoms with Gasteiger partial charge in [0.25, 0.3) is 0 Å². The molecule has 22 heavy (non-hydrogen) atoms. The Morgan fingerprint density at radius 3 is 2.50 bits per heavy atom. The van der Waals surface area contributed by atoms with E-state index in [4.69, 9.17) is 9.47 Å². The van der Waals surface area contributed by atoms with E-state index in [0.717, 1.165) is 44.1 Å². The second-order valence-electron chi connectivity index (χ2n) is 6.82. The number of hydrogen-bond acceptors (Lipinski definition) is 3. The molecule has 2 aliphatic carbocycles. The van der Waals surface area contributed by atoms with Gasteiger partial charge in [0.2, 0.25) is 5.91 Å². The predicted octanol–water partition coefficient (Wildman–Crippen LogP) is 2.52. The maximum absolute atomic E-state index is 12.8. The Labute approximate surface area is 131 Å². The maximum atomic E-state index is 12.8. The van der Waals surface area contributed by atoms with Gasteiger partial charge in [-0.3, -0.25) is 4.79 Å². The average Bonchev–Trinajstić information content (AvgIpc) is 3.25. The highest BCUT2D eigenvalue weighted by Gasteiger charge is 2.52. The monoisotopic (exact) mass is 301 g/mol. The van der Waals surface area contributed by atoms with Crippen LogP contribution in [0.3, 0.4) is 0 Å². The first-order valence-electron chi connectivity index (χ1n) is 8.37. The number of carbonyl (C=O) groups excluding carboxylic acids is 1. The number of carbonyl (C=O) groups is 1. The molecule has 3 fully saturated rings. The van der Waals surface area contributed by atoms with E-state index < -0.39 is 5.79 Å². The quantitative estimate of drug-likeness (QED) is 0.933. The molecule has 2 saturated carbocycles. The van der Waals surface area contributed by atoms with E-state index in [1.54, 1.807) is 0 Å². The first-order chi connectivity index (χ1) is 10.7. The molecule has 1 heterocycles. The van der Waals surface area contributed by atoms with Gasteiger partial charge in [-0.05, 0) is 31.2 Å². The number of hydrogen-bond donors (Lipinski definition) is 1. The lowest BCUT2D eigenvalue weighted by Crippen LogP contribution is -2.48. The van der Waals surface area contributed by atoms with Gasteiger partial charge in [-0.1, -0.05) is 30.3 Å². The highest BCUT2D eigenvalue weighted by Crippen LogP contribution is 2.48. The molecule has 1 amide bonds. The van der Waals surface area contributed by atoms with Crippen molar-refractivity contribution in [2.75, 3.05) is 13.2 Å². The Morgan fingerprint density at radius 1 is 1.09 bits per heavy atom. The molecule has 0 bridgehead atoms. The topological polar surface area (TPSA) is 47.6 Å². The molecule has 1 saturated heterocycles. The number of nitrogens with one attached hydrogen (secondary N) is 1. The third-order valence-corrected chi connectivity index (χ3v) is 5.33. The lowest BCUT2D eigenvalue weighted by Gasteiger charge is -2.37. The van der Waals surface area contributed by atoms with Crippen LogP contribution in [0.5, 0.6) is 0 Å². The average molecular weight is 301 g/mol. The summed E-state index contributed by atoms with van der Waals surface area (Å²) in [6.45, 7) is 1.35. The van der Waals surface area contributed by atoms with Gasteiger partial charge in [0.15, 0.2) is 5.79 Å². The van der Waals surface area contributed by atoms with Crippen LogP contribution in [0.1, 0.15) is 44.1 Å². The fourth-order valence-electron chi connectivity index (χ4n) is 3.93. The summed E-state index contributed by atoms with van der Waals surface area (Å²) < 4.78 is 11.6. The number of rotatable bonds is 3. The van der Waals surface area contributed by atoms with Crippen LogP contribution in [0.15, 0.2) is 30.3 Å². The summed E-state index contributed by atoms with van der Waals surface area (Å²) >= 11 is 0. The van der Waals surface area contributed by atoms with Gasteiger partial charge in [-0.15, -0.1) is 0 Å². The molecule has 0 radical (unpaired) electrons. The molecular weight excluding hydrogens is 278 g/mol. The van der Waals surface area contributed by atoms with Crippen LogP contribution in [-0.4, -0.2) is 30.9 Å². The lowest BCUT2D eigenvalue weighted by atomic mass is 9.88. The zero-order valence-electron chi connectivity index (χ0n) is 12.8. The van der Waals surface area contributed by atoms with Crippen LogP contribution < -0.4 is 5.32 Å². The predicted molar refractivity (Wildman–Crippen MR) is 82.4 cm³/mol. The van der Waals surface area contributed by atoms with E-state index >= 15 is 0 Å². The second kappa shape index (κ2) is 5.36. The molecule has 1 aliphatic heterocycles. The SMILES string of the molecule is O=C(N[C@H]1CCCC2(C1)OCCO2)C1(c2ccccc2)CC1. The van der Waals surface area contributed by atoms with Gasteiger partial charge in [0.05, 0.1) is 18.6 Å². The maximum Gasteiger partial charge on any atom is 0.230 e. The Bertz CT molecular complexity index is 547. The van der Waals surface area contributed by atoms with Gasteiger partial charge in [-0.25, -0.2) is 0 Å². The number of amides is 1. The molecule has 118 valence electrons. The van der Waals surface area contributed by atoms with E-state index in [0.29, 0.717) is 13.2 Å². The molecule has 0 unspecified atom stereocenters. The highest BCUT2D eigenvalue weighted by molar-refractivity contribution is 5.91. The van der Waals surface area contributed by atoms with Crippen molar-refractivity contribution in [2.24, 2.45) is 0 Å². The van der Waals surface area contributed by atoms with E-state index in [-0.39, 0.29) is 17.4 Å². The summed E-state index contributed by atoms with van der Waals surface area (Å²) in [7, 11) is 0. The van der Waals surface area contributed by atoms with Gasteiger partial charge >= 0.3 is 0 Å². The van der Waals surface area contributed by atoms with Crippen molar-refractivity contribution < 1.29 is 14.3 Å². The van der Waals surface area contributed by atoms with Crippen molar-refractivity contribution in [3.63, 3.8) is 0 Å². The molecule has 4 nitrogen and oxygen atoms in total. The first kappa shape index (κ1) is 14.2. The number of benzene rings is 1. The minimum atomic E-state index is -0.431. The van der Waals surface area contributed by atoms with Crippen LogP contribution >= 0.6 is 0 Å². The van der Waals surface area contributed by atoms with Crippen molar-refractivity contribution in [1.29, 1.82) is 0 Å². The molecule has 4 rings (SSSR count). The summed E-state index contributed by atoms with van der Waals surface area (Å²) in [5, 5.41) is 3.27. The number of ether oxygens (including phenoxy) is 2. The summed E-state index contributed by atoms with van der Waals surface area (Å²) in [4.78, 5) is 12.8. The fraction of sp³-hybridized carbons (Fsp3) is 0.611. The van der Waals surface area contributed by atoms with Crippen LogP contribution in [0.2, 0.25) is 0 Å². The van der Waals surface area contributed by atoms with Crippen LogP contribution in [0, 0.1) is 0 Å². The Kier molecular flexibility index (Phi) is 3.46. The van der Waals surface area contributed by atoms with Gasteiger partial charge < -0.3 is 14.8 Å². The largest absolute Gasteiger partial charge is 0.352 e. The van der Waals surface area contributed by atoms with E-state index in [1.165, 1.54) is 0 Å². The smallest absolute Gasteiger partial charge is 0.230 e. The third kappa shape index (κ3) is 2.44. The van der Waals surface area contributed by atoms with Gasteiger partial charge in [-0.2, -0.15) is 0 Å². The molecule has 1 aromatic rings. The molecule has 3 aliphatic rings. The van der Waals surface area contributed by atoms with Crippen molar-refractivity contribution >= 4 is 5.91 Å². The summed E-state index contributed by atoms with van der Waals surface area (Å²) in [6.07, 6.45) is 5.70. The molecule has 1 aromatic carbocycles. The van der Waals surface area contributed by atoms with Crippen LogP contribution in [0.25, 0.3) is 0 Å². The molecule has 0 aromatic heterocycles. The molecule has 1 N–H and O–H groups in total. The second-order valence-corrected chi connectivity index (χ2v) is 6.82. The molecular formula is C18H23NO3. The molecule has 4 heteroatoms. The van der Waals surface area contributed by atoms with E-state index in [2.05, 4.69) is 17.4 Å². The van der Waals surface area contributed by atoms with E-state index in [1.807, 2.05) is 18.2 Å². The standard InChI is InChI=1S/C18H23NO3/c20-16(17(9-10-17)14-5-2-1-3-6-14)19-15-7-4-8-18(13-15)21-11-12-22-18/h1-3,5-6,15H,4,7-13H2,(H,19,20)/t15-/m0/s1. The molecule has 1 spiro atoms. The van der Waals surface area contributed by atoms with Crippen molar-refractivity contribution in [3.8, 4) is 0 Å². The van der Waals surface area contributed by atoms with Crippen molar-refractivity contribution in [3.05, 3.63) is 35.9 Å². The Morgan fingerprint density at radius 2 is 1.82 bits per heavy atom. The highest BCUT2D eigenvalue weighted by atomic mass is 16.7. The molecule has 1 atom stereocenters. The Hall–Kier alpha value is -1.39. The zero-order chi connectivity index (χ0) is 15.0. The lowest BCUT2D eigenvalue weighted by molar-refractivity contribution is -0.182. The zero-order valence-corrected chi connectivity index (χ0v) is 12.8. The normalized spacial score (nSPS) is 28.5.